The number of nitrogens with two attached hydrogens (primary N) is 1. The molecule has 0 aliphatic heterocycles. The molecule has 5 heteroatoms. The monoisotopic (exact) mass is 284 g/mol. The van der Waals surface area contributed by atoms with Crippen molar-refractivity contribution in [1.29, 1.82) is 5.26 Å². The van der Waals surface area contributed by atoms with Gasteiger partial charge in [-0.1, -0.05) is 6.07 Å². The Bertz CT molecular complexity index is 622. The van der Waals surface area contributed by atoms with E-state index in [4.69, 9.17) is 11.0 Å². The highest BCUT2D eigenvalue weighted by molar-refractivity contribution is 5.46. The number of halogens is 1. The Hall–Kier alpha value is -2.45. The van der Waals surface area contributed by atoms with Crippen LogP contribution in [0.1, 0.15) is 17.5 Å². The molecule has 4 nitrogen and oxygen atoms in total. The normalized spacial score (nSPS) is 10.5. The number of nitrogens with zero attached hydrogens (tertiary/aromatic N) is 3. The number of hydrogen-bond acceptors (Lipinski definition) is 4. The molecule has 0 radical (unpaired) electrons. The van der Waals surface area contributed by atoms with Gasteiger partial charge in [-0.2, -0.15) is 5.26 Å². The zero-order valence-corrected chi connectivity index (χ0v) is 11.7. The number of anilines is 1. The second kappa shape index (κ2) is 7.36. The summed E-state index contributed by atoms with van der Waals surface area (Å²) in [5, 5.41) is 8.77. The summed E-state index contributed by atoms with van der Waals surface area (Å²) in [5.74, 6) is -0.305. The number of benzene rings is 1. The molecule has 0 saturated carbocycles. The molecule has 108 valence electrons. The number of pyridine rings is 1. The van der Waals surface area contributed by atoms with E-state index in [0.717, 1.165) is 11.1 Å². The number of nitrogen functional groups attached to an aromatic ring is 1. The van der Waals surface area contributed by atoms with Gasteiger partial charge in [0.2, 0.25) is 0 Å². The second-order valence-electron chi connectivity index (χ2n) is 4.82. The van der Waals surface area contributed by atoms with Crippen molar-refractivity contribution >= 4 is 5.69 Å². The van der Waals surface area contributed by atoms with Crippen molar-refractivity contribution in [2.24, 2.45) is 0 Å². The van der Waals surface area contributed by atoms with Crippen LogP contribution in [0.5, 0.6) is 0 Å². The van der Waals surface area contributed by atoms with E-state index in [-0.39, 0.29) is 5.82 Å². The van der Waals surface area contributed by atoms with Crippen LogP contribution in [-0.2, 0) is 13.1 Å². The van der Waals surface area contributed by atoms with Crippen LogP contribution in [0.2, 0.25) is 0 Å². The molecule has 0 bridgehead atoms. The summed E-state index contributed by atoms with van der Waals surface area (Å²) in [4.78, 5) is 6.14. The molecular weight excluding hydrogens is 267 g/mol. The van der Waals surface area contributed by atoms with Crippen LogP contribution in [-0.4, -0.2) is 16.4 Å². The van der Waals surface area contributed by atoms with Gasteiger partial charge in [0.05, 0.1) is 6.07 Å². The molecular formula is C16H17FN4. The Morgan fingerprint density at radius 3 is 2.86 bits per heavy atom. The van der Waals surface area contributed by atoms with Crippen LogP contribution < -0.4 is 5.73 Å². The van der Waals surface area contributed by atoms with Crippen molar-refractivity contribution in [2.75, 3.05) is 12.3 Å². The fourth-order valence-corrected chi connectivity index (χ4v) is 2.12. The first kappa shape index (κ1) is 14.9. The Balaban J connectivity index is 2.12. The summed E-state index contributed by atoms with van der Waals surface area (Å²) in [7, 11) is 0. The van der Waals surface area contributed by atoms with Crippen LogP contribution in [0.25, 0.3) is 0 Å². The third-order valence-corrected chi connectivity index (χ3v) is 3.17. The lowest BCUT2D eigenvalue weighted by atomic mass is 10.1. The first-order valence-electron chi connectivity index (χ1n) is 6.71. The van der Waals surface area contributed by atoms with E-state index in [1.807, 2.05) is 12.1 Å². The fourth-order valence-electron chi connectivity index (χ4n) is 2.12. The van der Waals surface area contributed by atoms with E-state index in [2.05, 4.69) is 16.0 Å². The van der Waals surface area contributed by atoms with E-state index < -0.39 is 0 Å². The van der Waals surface area contributed by atoms with E-state index in [1.54, 1.807) is 18.5 Å². The minimum Gasteiger partial charge on any atom is -0.398 e. The molecule has 0 saturated heterocycles. The lowest BCUT2D eigenvalue weighted by molar-refractivity contribution is 0.263. The Kier molecular flexibility index (Phi) is 5.24. The molecule has 0 aliphatic carbocycles. The highest BCUT2D eigenvalue weighted by Gasteiger charge is 2.10. The van der Waals surface area contributed by atoms with Gasteiger partial charge >= 0.3 is 0 Å². The Labute approximate surface area is 123 Å². The molecule has 0 spiro atoms. The summed E-state index contributed by atoms with van der Waals surface area (Å²) >= 11 is 0. The number of rotatable bonds is 6. The van der Waals surface area contributed by atoms with Crippen LogP contribution in [0.3, 0.4) is 0 Å². The standard InChI is InChI=1S/C16H17FN4/c17-15-4-5-16(19)14(9-15)12-21(8-2-6-18)11-13-3-1-7-20-10-13/h1,3-5,7,9-10H,2,8,11-12,19H2. The van der Waals surface area contributed by atoms with Crippen LogP contribution in [0.4, 0.5) is 10.1 Å². The van der Waals surface area contributed by atoms with Crippen LogP contribution in [0, 0.1) is 17.1 Å². The molecule has 2 N–H and O–H groups in total. The van der Waals surface area contributed by atoms with Crippen molar-refractivity contribution in [3.05, 3.63) is 59.7 Å². The van der Waals surface area contributed by atoms with E-state index >= 15 is 0 Å². The number of hydrogen-bond donors (Lipinski definition) is 1. The summed E-state index contributed by atoms with van der Waals surface area (Å²) in [6, 6.07) is 10.3. The first-order chi connectivity index (χ1) is 10.2. The minimum atomic E-state index is -0.305. The van der Waals surface area contributed by atoms with E-state index in [0.29, 0.717) is 31.7 Å². The van der Waals surface area contributed by atoms with Crippen molar-refractivity contribution in [1.82, 2.24) is 9.88 Å². The van der Waals surface area contributed by atoms with Gasteiger partial charge < -0.3 is 5.73 Å². The number of nitriles is 1. The smallest absolute Gasteiger partial charge is 0.123 e. The van der Waals surface area contributed by atoms with Crippen LogP contribution in [0.15, 0.2) is 42.7 Å². The Morgan fingerprint density at radius 1 is 1.29 bits per heavy atom. The van der Waals surface area contributed by atoms with Crippen LogP contribution >= 0.6 is 0 Å². The Morgan fingerprint density at radius 2 is 2.14 bits per heavy atom. The predicted molar refractivity (Wildman–Crippen MR) is 79.4 cm³/mol. The van der Waals surface area contributed by atoms with Gasteiger partial charge in [-0.15, -0.1) is 0 Å². The molecule has 1 aromatic heterocycles. The summed E-state index contributed by atoms with van der Waals surface area (Å²) in [5.41, 5.74) is 8.23. The first-order valence-corrected chi connectivity index (χ1v) is 6.71. The molecule has 2 rings (SSSR count). The maximum Gasteiger partial charge on any atom is 0.123 e. The quantitative estimate of drug-likeness (QED) is 0.828. The van der Waals surface area contributed by atoms with Gasteiger partial charge in [0.1, 0.15) is 5.82 Å². The largest absolute Gasteiger partial charge is 0.398 e. The zero-order chi connectivity index (χ0) is 15.1. The molecule has 0 unspecified atom stereocenters. The summed E-state index contributed by atoms with van der Waals surface area (Å²) in [6.45, 7) is 1.74. The third kappa shape index (κ3) is 4.55. The van der Waals surface area contributed by atoms with Gasteiger partial charge in [0.25, 0.3) is 0 Å². The lowest BCUT2D eigenvalue weighted by Crippen LogP contribution is -2.24. The van der Waals surface area contributed by atoms with Crippen molar-refractivity contribution in [3.63, 3.8) is 0 Å². The minimum absolute atomic E-state index is 0.305. The van der Waals surface area contributed by atoms with Gasteiger partial charge in [0, 0.05) is 44.1 Å². The maximum absolute atomic E-state index is 13.3. The van der Waals surface area contributed by atoms with E-state index in [1.165, 1.54) is 12.1 Å². The fraction of sp³-hybridized carbons (Fsp3) is 0.250. The van der Waals surface area contributed by atoms with Crippen molar-refractivity contribution in [3.8, 4) is 6.07 Å². The van der Waals surface area contributed by atoms with Gasteiger partial charge in [-0.05, 0) is 35.4 Å². The van der Waals surface area contributed by atoms with Crippen molar-refractivity contribution in [2.45, 2.75) is 19.5 Å². The maximum atomic E-state index is 13.3. The third-order valence-electron chi connectivity index (χ3n) is 3.17. The zero-order valence-electron chi connectivity index (χ0n) is 11.7. The summed E-state index contributed by atoms with van der Waals surface area (Å²) < 4.78 is 13.3. The summed E-state index contributed by atoms with van der Waals surface area (Å²) in [6.07, 6.45) is 3.91. The topological polar surface area (TPSA) is 65.9 Å². The molecule has 21 heavy (non-hydrogen) atoms. The molecule has 2 aromatic rings. The molecule has 1 aromatic carbocycles. The molecule has 0 aliphatic rings. The molecule has 1 heterocycles. The van der Waals surface area contributed by atoms with Gasteiger partial charge in [-0.25, -0.2) is 4.39 Å². The SMILES string of the molecule is N#CCCN(Cc1cccnc1)Cc1cc(F)ccc1N. The van der Waals surface area contributed by atoms with Gasteiger partial charge in [-0.3, -0.25) is 9.88 Å². The second-order valence-corrected chi connectivity index (χ2v) is 4.82. The molecule has 0 atom stereocenters. The molecule has 0 fully saturated rings. The average Bonchev–Trinajstić information content (AvgIpc) is 2.49. The lowest BCUT2D eigenvalue weighted by Gasteiger charge is -2.22. The van der Waals surface area contributed by atoms with E-state index in [9.17, 15) is 4.39 Å². The highest BCUT2D eigenvalue weighted by atomic mass is 19.1. The highest BCUT2D eigenvalue weighted by Crippen LogP contribution is 2.17. The average molecular weight is 284 g/mol. The van der Waals surface area contributed by atoms with Gasteiger partial charge in [0.15, 0.2) is 0 Å². The predicted octanol–water partition coefficient (Wildman–Crippen LogP) is 2.72. The van der Waals surface area contributed by atoms with Crippen molar-refractivity contribution < 1.29 is 4.39 Å². The molecule has 0 amide bonds. The number of aromatic nitrogens is 1.